The van der Waals surface area contributed by atoms with Crippen LogP contribution in [-0.2, 0) is 4.79 Å². The number of rotatable bonds is 4. The molecule has 3 aromatic heterocycles. The van der Waals surface area contributed by atoms with Gasteiger partial charge in [-0.15, -0.1) is 11.3 Å². The lowest BCUT2D eigenvalue weighted by Gasteiger charge is -2.21. The van der Waals surface area contributed by atoms with E-state index in [4.69, 9.17) is 5.73 Å². The predicted octanol–water partition coefficient (Wildman–Crippen LogP) is 3.73. The first-order valence-electron chi connectivity index (χ1n) is 9.68. The molecule has 5 rings (SSSR count). The van der Waals surface area contributed by atoms with E-state index < -0.39 is 11.9 Å². The standard InChI is InChI=1S/C22H20N5O2S/c1-12-9-13-10-14(4-5-15(13)25-12)26-16-6-7-24-17-11-19(30-20(16)17)22(29)27-8-2-3-18(27)21(23)28/h3-7,9-11,18,25H,2,8H2,1H3,(H2,23,28)(H,24,26). The summed E-state index contributed by atoms with van der Waals surface area (Å²) in [5.41, 5.74) is 10.2. The monoisotopic (exact) mass is 418 g/mol. The van der Waals surface area contributed by atoms with Crippen molar-refractivity contribution in [1.29, 1.82) is 0 Å². The van der Waals surface area contributed by atoms with Gasteiger partial charge in [-0.25, -0.2) is 0 Å². The van der Waals surface area contributed by atoms with Crippen LogP contribution >= 0.6 is 11.3 Å². The molecule has 1 fully saturated rings. The number of fused-ring (bicyclic) bond motifs is 2. The van der Waals surface area contributed by atoms with E-state index in [2.05, 4.69) is 27.4 Å². The van der Waals surface area contributed by atoms with E-state index in [-0.39, 0.29) is 5.91 Å². The van der Waals surface area contributed by atoms with Gasteiger partial charge in [0.1, 0.15) is 6.04 Å². The van der Waals surface area contributed by atoms with Gasteiger partial charge in [-0.05, 0) is 56.2 Å². The highest BCUT2D eigenvalue weighted by atomic mass is 32.1. The number of nitrogens with zero attached hydrogens (tertiary/aromatic N) is 2. The highest BCUT2D eigenvalue weighted by Crippen LogP contribution is 2.34. The number of benzene rings is 1. The first-order chi connectivity index (χ1) is 14.5. The van der Waals surface area contributed by atoms with E-state index >= 15 is 0 Å². The van der Waals surface area contributed by atoms with Crippen molar-refractivity contribution in [3.05, 3.63) is 59.6 Å². The summed E-state index contributed by atoms with van der Waals surface area (Å²) in [6, 6.07) is 11.3. The second-order valence-electron chi connectivity index (χ2n) is 7.43. The molecule has 1 unspecified atom stereocenters. The van der Waals surface area contributed by atoms with Gasteiger partial charge in [-0.1, -0.05) is 0 Å². The van der Waals surface area contributed by atoms with E-state index in [1.54, 1.807) is 18.7 Å². The van der Waals surface area contributed by atoms with Crippen molar-refractivity contribution in [3.63, 3.8) is 0 Å². The number of likely N-dealkylation sites (tertiary alicyclic amines) is 1. The first-order valence-corrected chi connectivity index (χ1v) is 10.5. The zero-order valence-electron chi connectivity index (χ0n) is 16.3. The van der Waals surface area contributed by atoms with Crippen LogP contribution in [0, 0.1) is 13.3 Å². The zero-order valence-corrected chi connectivity index (χ0v) is 17.1. The van der Waals surface area contributed by atoms with Gasteiger partial charge in [0.2, 0.25) is 5.91 Å². The van der Waals surface area contributed by atoms with Gasteiger partial charge in [-0.2, -0.15) is 0 Å². The lowest BCUT2D eigenvalue weighted by Crippen LogP contribution is -2.43. The Hall–Kier alpha value is -3.39. The molecule has 4 heterocycles. The molecular weight excluding hydrogens is 398 g/mol. The topological polar surface area (TPSA) is 104 Å². The minimum absolute atomic E-state index is 0.189. The Labute approximate surface area is 176 Å². The Bertz CT molecular complexity index is 1290. The Kier molecular flexibility index (Phi) is 4.43. The molecule has 7 nitrogen and oxygen atoms in total. The maximum Gasteiger partial charge on any atom is 0.264 e. The maximum atomic E-state index is 13.0. The molecule has 0 saturated carbocycles. The summed E-state index contributed by atoms with van der Waals surface area (Å²) in [7, 11) is 0. The fourth-order valence-electron chi connectivity index (χ4n) is 3.93. The van der Waals surface area contributed by atoms with Gasteiger partial charge in [-0.3, -0.25) is 14.6 Å². The van der Waals surface area contributed by atoms with Crippen molar-refractivity contribution < 1.29 is 9.59 Å². The average Bonchev–Trinajstić information content (AvgIpc) is 3.44. The summed E-state index contributed by atoms with van der Waals surface area (Å²) in [6.07, 6.45) is 4.18. The fraction of sp³-hybridized carbons (Fsp3) is 0.182. The average molecular weight is 419 g/mol. The number of carbonyl (C=O) groups is 2. The molecule has 1 aliphatic rings. The van der Waals surface area contributed by atoms with Gasteiger partial charge in [0.25, 0.3) is 5.91 Å². The number of hydrogen-bond acceptors (Lipinski definition) is 5. The van der Waals surface area contributed by atoms with Crippen LogP contribution in [0.15, 0.2) is 42.6 Å². The number of H-pyrrole nitrogens is 1. The van der Waals surface area contributed by atoms with Crippen LogP contribution in [0.2, 0.25) is 0 Å². The number of hydrogen-bond donors (Lipinski definition) is 3. The summed E-state index contributed by atoms with van der Waals surface area (Å²) in [6.45, 7) is 2.53. The molecule has 2 amide bonds. The van der Waals surface area contributed by atoms with E-state index in [0.717, 1.165) is 38.2 Å². The van der Waals surface area contributed by atoms with Crippen LogP contribution in [0.4, 0.5) is 11.4 Å². The van der Waals surface area contributed by atoms with Crippen molar-refractivity contribution in [2.75, 3.05) is 11.9 Å². The van der Waals surface area contributed by atoms with Crippen LogP contribution < -0.4 is 11.1 Å². The van der Waals surface area contributed by atoms with E-state index in [1.807, 2.05) is 25.1 Å². The molecule has 30 heavy (non-hydrogen) atoms. The van der Waals surface area contributed by atoms with Gasteiger partial charge in [0, 0.05) is 35.0 Å². The SMILES string of the molecule is Cc1cc2cc(Nc3ccnc4cc(C(=O)N5CC[CH]C5C(N)=O)sc34)ccc2[nH]1. The predicted molar refractivity (Wildman–Crippen MR) is 119 cm³/mol. The molecule has 0 spiro atoms. The Morgan fingerprint density at radius 2 is 2.13 bits per heavy atom. The Balaban J connectivity index is 1.47. The molecule has 8 heteroatoms. The minimum Gasteiger partial charge on any atom is -0.368 e. The smallest absolute Gasteiger partial charge is 0.264 e. The molecule has 1 radical (unpaired) electrons. The summed E-state index contributed by atoms with van der Waals surface area (Å²) in [4.78, 5) is 34.5. The van der Waals surface area contributed by atoms with Crippen molar-refractivity contribution in [3.8, 4) is 0 Å². The van der Waals surface area contributed by atoms with Crippen molar-refractivity contribution >= 4 is 55.6 Å². The first kappa shape index (κ1) is 18.6. The third kappa shape index (κ3) is 3.19. The number of pyridine rings is 1. The van der Waals surface area contributed by atoms with Crippen LogP contribution in [0.5, 0.6) is 0 Å². The van der Waals surface area contributed by atoms with Crippen LogP contribution in [0.25, 0.3) is 21.1 Å². The lowest BCUT2D eigenvalue weighted by molar-refractivity contribution is -0.120. The normalized spacial score (nSPS) is 16.4. The number of aryl methyl sites for hydroxylation is 1. The molecule has 151 valence electrons. The number of carbonyl (C=O) groups excluding carboxylic acids is 2. The van der Waals surface area contributed by atoms with Gasteiger partial charge < -0.3 is 20.9 Å². The third-order valence-electron chi connectivity index (χ3n) is 5.31. The number of aromatic nitrogens is 2. The molecular formula is C22H20N5O2S. The van der Waals surface area contributed by atoms with E-state index in [0.29, 0.717) is 17.8 Å². The highest BCUT2D eigenvalue weighted by molar-refractivity contribution is 7.21. The number of primary amides is 1. The van der Waals surface area contributed by atoms with Crippen molar-refractivity contribution in [2.45, 2.75) is 19.4 Å². The van der Waals surface area contributed by atoms with Crippen LogP contribution in [0.1, 0.15) is 21.8 Å². The number of thiophene rings is 1. The molecule has 1 atom stereocenters. The second-order valence-corrected chi connectivity index (χ2v) is 8.49. The maximum absolute atomic E-state index is 13.0. The minimum atomic E-state index is -0.648. The Morgan fingerprint density at radius 3 is 2.97 bits per heavy atom. The third-order valence-corrected chi connectivity index (χ3v) is 6.45. The zero-order chi connectivity index (χ0) is 20.8. The molecule has 0 bridgehead atoms. The summed E-state index contributed by atoms with van der Waals surface area (Å²) >= 11 is 1.37. The summed E-state index contributed by atoms with van der Waals surface area (Å²) in [5, 5.41) is 4.58. The Morgan fingerprint density at radius 1 is 1.27 bits per heavy atom. The molecule has 4 N–H and O–H groups in total. The molecule has 0 aliphatic carbocycles. The van der Waals surface area contributed by atoms with E-state index in [1.165, 1.54) is 16.2 Å². The second kappa shape index (κ2) is 7.14. The van der Waals surface area contributed by atoms with E-state index in [9.17, 15) is 9.59 Å². The van der Waals surface area contributed by atoms with Gasteiger partial charge in [0.15, 0.2) is 0 Å². The van der Waals surface area contributed by atoms with Crippen LogP contribution in [0.3, 0.4) is 0 Å². The molecule has 1 aromatic carbocycles. The van der Waals surface area contributed by atoms with Crippen LogP contribution in [-0.4, -0.2) is 39.3 Å². The number of nitrogens with two attached hydrogens (primary N) is 1. The number of aromatic amines is 1. The lowest BCUT2D eigenvalue weighted by atomic mass is 10.2. The number of nitrogens with one attached hydrogen (secondary N) is 2. The quantitative estimate of drug-likeness (QED) is 0.470. The van der Waals surface area contributed by atoms with Gasteiger partial charge in [0.05, 0.1) is 20.8 Å². The number of anilines is 2. The summed E-state index contributed by atoms with van der Waals surface area (Å²) in [5.74, 6) is -0.691. The fourth-order valence-corrected chi connectivity index (χ4v) is 4.97. The van der Waals surface area contributed by atoms with Crippen molar-refractivity contribution in [2.24, 2.45) is 5.73 Å². The molecule has 4 aromatic rings. The van der Waals surface area contributed by atoms with Crippen molar-refractivity contribution in [1.82, 2.24) is 14.9 Å². The molecule has 1 aliphatic heterocycles. The molecule has 1 saturated heterocycles. The summed E-state index contributed by atoms with van der Waals surface area (Å²) < 4.78 is 0.894. The van der Waals surface area contributed by atoms with Gasteiger partial charge >= 0.3 is 0 Å². The number of amides is 2. The highest BCUT2D eigenvalue weighted by Gasteiger charge is 2.34. The largest absolute Gasteiger partial charge is 0.368 e.